The molecule has 0 spiro atoms. The second-order valence-electron chi connectivity index (χ2n) is 5.99. The standard InChI is InChI=1S/C20H20N2O2/c1-13-7-9-15(10-8-13)11-12-21-20(24)19(23)18-14(2)22-17-6-4-3-5-16(17)18/h3-10,22H,11-12H2,1-2H3,(H,21,24). The van der Waals surface area contributed by atoms with Gasteiger partial charge in [0.1, 0.15) is 0 Å². The Kier molecular flexibility index (Phi) is 4.47. The van der Waals surface area contributed by atoms with Gasteiger partial charge in [-0.05, 0) is 31.9 Å². The van der Waals surface area contributed by atoms with Gasteiger partial charge in [-0.25, -0.2) is 0 Å². The van der Waals surface area contributed by atoms with Crippen LogP contribution >= 0.6 is 0 Å². The Hall–Kier alpha value is -2.88. The average Bonchev–Trinajstić information content (AvgIpc) is 2.91. The highest BCUT2D eigenvalue weighted by atomic mass is 16.2. The highest BCUT2D eigenvalue weighted by molar-refractivity contribution is 6.45. The summed E-state index contributed by atoms with van der Waals surface area (Å²) in [6.07, 6.45) is 0.701. The van der Waals surface area contributed by atoms with E-state index in [2.05, 4.69) is 10.3 Å². The molecule has 4 nitrogen and oxygen atoms in total. The molecule has 4 heteroatoms. The zero-order chi connectivity index (χ0) is 17.1. The van der Waals surface area contributed by atoms with Crippen molar-refractivity contribution in [1.82, 2.24) is 10.3 Å². The molecule has 2 aromatic carbocycles. The smallest absolute Gasteiger partial charge is 0.292 e. The minimum absolute atomic E-state index is 0.440. The van der Waals surface area contributed by atoms with Gasteiger partial charge in [0.05, 0.1) is 5.56 Å². The number of carbonyl (C=O) groups excluding carboxylic acids is 2. The quantitative estimate of drug-likeness (QED) is 0.559. The van der Waals surface area contributed by atoms with E-state index in [9.17, 15) is 9.59 Å². The van der Waals surface area contributed by atoms with Crippen LogP contribution in [-0.4, -0.2) is 23.2 Å². The summed E-state index contributed by atoms with van der Waals surface area (Å²) in [6.45, 7) is 4.29. The van der Waals surface area contributed by atoms with E-state index in [0.717, 1.165) is 22.2 Å². The summed E-state index contributed by atoms with van der Waals surface area (Å²) in [7, 11) is 0. The maximum absolute atomic E-state index is 12.5. The van der Waals surface area contributed by atoms with Crippen molar-refractivity contribution in [1.29, 1.82) is 0 Å². The minimum Gasteiger partial charge on any atom is -0.358 e. The van der Waals surface area contributed by atoms with E-state index in [-0.39, 0.29) is 0 Å². The number of aryl methyl sites for hydroxylation is 2. The van der Waals surface area contributed by atoms with E-state index < -0.39 is 11.7 Å². The molecule has 0 saturated carbocycles. The maximum atomic E-state index is 12.5. The molecular weight excluding hydrogens is 300 g/mol. The van der Waals surface area contributed by atoms with Gasteiger partial charge in [0.25, 0.3) is 11.7 Å². The summed E-state index contributed by atoms with van der Waals surface area (Å²) in [4.78, 5) is 27.9. The number of Topliss-reactive ketones (excluding diaryl/α,β-unsaturated/α-hetero) is 1. The highest BCUT2D eigenvalue weighted by Gasteiger charge is 2.22. The molecule has 0 aliphatic carbocycles. The van der Waals surface area contributed by atoms with Crippen LogP contribution in [0.15, 0.2) is 48.5 Å². The molecule has 1 heterocycles. The number of fused-ring (bicyclic) bond motifs is 1. The first kappa shape index (κ1) is 16.0. The lowest BCUT2D eigenvalue weighted by molar-refractivity contribution is -0.116. The number of para-hydroxylation sites is 1. The van der Waals surface area contributed by atoms with Crippen LogP contribution in [0.2, 0.25) is 0 Å². The van der Waals surface area contributed by atoms with Crippen molar-refractivity contribution >= 4 is 22.6 Å². The fraction of sp³-hybridized carbons (Fsp3) is 0.200. The molecule has 3 aromatic rings. The topological polar surface area (TPSA) is 62.0 Å². The fourth-order valence-electron chi connectivity index (χ4n) is 2.84. The van der Waals surface area contributed by atoms with Crippen LogP contribution in [0.3, 0.4) is 0 Å². The molecule has 122 valence electrons. The second-order valence-corrected chi connectivity index (χ2v) is 5.99. The zero-order valence-electron chi connectivity index (χ0n) is 13.8. The van der Waals surface area contributed by atoms with E-state index in [1.165, 1.54) is 5.56 Å². The number of hydrogen-bond acceptors (Lipinski definition) is 2. The Morgan fingerprint density at radius 3 is 2.46 bits per heavy atom. The molecule has 0 atom stereocenters. The van der Waals surface area contributed by atoms with Crippen molar-refractivity contribution < 1.29 is 9.59 Å². The number of rotatable bonds is 5. The molecule has 0 aliphatic rings. The van der Waals surface area contributed by atoms with E-state index in [1.54, 1.807) is 0 Å². The number of H-pyrrole nitrogens is 1. The summed E-state index contributed by atoms with van der Waals surface area (Å²) in [5.74, 6) is -1.05. The van der Waals surface area contributed by atoms with Crippen LogP contribution < -0.4 is 5.32 Å². The van der Waals surface area contributed by atoms with Gasteiger partial charge in [0.15, 0.2) is 0 Å². The number of aromatic nitrogens is 1. The van der Waals surface area contributed by atoms with Crippen molar-refractivity contribution in [3.05, 3.63) is 70.9 Å². The predicted molar refractivity (Wildman–Crippen MR) is 95.3 cm³/mol. The van der Waals surface area contributed by atoms with Crippen molar-refractivity contribution in [2.45, 2.75) is 20.3 Å². The van der Waals surface area contributed by atoms with Gasteiger partial charge in [-0.15, -0.1) is 0 Å². The number of hydrogen-bond donors (Lipinski definition) is 2. The summed E-state index contributed by atoms with van der Waals surface area (Å²) in [6, 6.07) is 15.7. The zero-order valence-corrected chi connectivity index (χ0v) is 13.8. The molecule has 0 bridgehead atoms. The SMILES string of the molecule is Cc1ccc(CCNC(=O)C(=O)c2c(C)[nH]c3ccccc23)cc1. The molecule has 2 N–H and O–H groups in total. The predicted octanol–water partition coefficient (Wildman–Crippen LogP) is 3.33. The summed E-state index contributed by atoms with van der Waals surface area (Å²) < 4.78 is 0. The lowest BCUT2D eigenvalue weighted by Crippen LogP contribution is -2.32. The summed E-state index contributed by atoms with van der Waals surface area (Å²) >= 11 is 0. The Morgan fingerprint density at radius 2 is 1.71 bits per heavy atom. The summed E-state index contributed by atoms with van der Waals surface area (Å²) in [5, 5.41) is 3.51. The molecule has 0 saturated heterocycles. The third-order valence-electron chi connectivity index (χ3n) is 4.15. The summed E-state index contributed by atoms with van der Waals surface area (Å²) in [5.41, 5.74) is 4.38. The fourth-order valence-corrected chi connectivity index (χ4v) is 2.84. The molecule has 0 aliphatic heterocycles. The van der Waals surface area contributed by atoms with Crippen molar-refractivity contribution in [2.75, 3.05) is 6.54 Å². The molecule has 0 radical (unpaired) electrons. The number of carbonyl (C=O) groups is 2. The van der Waals surface area contributed by atoms with Crippen LogP contribution in [0, 0.1) is 13.8 Å². The van der Waals surface area contributed by atoms with E-state index >= 15 is 0 Å². The lowest BCUT2D eigenvalue weighted by Gasteiger charge is -2.05. The van der Waals surface area contributed by atoms with Crippen molar-refractivity contribution in [2.24, 2.45) is 0 Å². The monoisotopic (exact) mass is 320 g/mol. The number of aromatic amines is 1. The third-order valence-corrected chi connectivity index (χ3v) is 4.15. The van der Waals surface area contributed by atoms with Gasteiger partial charge in [0.2, 0.25) is 0 Å². The van der Waals surface area contributed by atoms with Crippen LogP contribution in [0.4, 0.5) is 0 Å². The first-order valence-electron chi connectivity index (χ1n) is 8.01. The molecule has 0 unspecified atom stereocenters. The largest absolute Gasteiger partial charge is 0.358 e. The Balaban J connectivity index is 1.67. The van der Waals surface area contributed by atoms with Crippen LogP contribution in [0.5, 0.6) is 0 Å². The number of ketones is 1. The van der Waals surface area contributed by atoms with Crippen LogP contribution in [0.25, 0.3) is 10.9 Å². The van der Waals surface area contributed by atoms with Gasteiger partial charge >= 0.3 is 0 Å². The second kappa shape index (κ2) is 6.71. The van der Waals surface area contributed by atoms with E-state index in [0.29, 0.717) is 18.5 Å². The minimum atomic E-state index is -0.560. The van der Waals surface area contributed by atoms with Crippen molar-refractivity contribution in [3.63, 3.8) is 0 Å². The van der Waals surface area contributed by atoms with Gasteiger partial charge in [-0.1, -0.05) is 48.0 Å². The highest BCUT2D eigenvalue weighted by Crippen LogP contribution is 2.22. The first-order valence-corrected chi connectivity index (χ1v) is 8.01. The van der Waals surface area contributed by atoms with Gasteiger partial charge in [-0.2, -0.15) is 0 Å². The average molecular weight is 320 g/mol. The molecule has 1 amide bonds. The molecular formula is C20H20N2O2. The van der Waals surface area contributed by atoms with Gasteiger partial charge in [-0.3, -0.25) is 9.59 Å². The van der Waals surface area contributed by atoms with Gasteiger partial charge in [0, 0.05) is 23.1 Å². The lowest BCUT2D eigenvalue weighted by atomic mass is 10.1. The van der Waals surface area contributed by atoms with E-state index in [4.69, 9.17) is 0 Å². The maximum Gasteiger partial charge on any atom is 0.292 e. The number of nitrogens with one attached hydrogen (secondary N) is 2. The third kappa shape index (κ3) is 3.23. The molecule has 24 heavy (non-hydrogen) atoms. The first-order chi connectivity index (χ1) is 11.6. The van der Waals surface area contributed by atoms with Crippen LogP contribution in [0.1, 0.15) is 27.2 Å². The Bertz CT molecular complexity index is 892. The van der Waals surface area contributed by atoms with Crippen molar-refractivity contribution in [3.8, 4) is 0 Å². The van der Waals surface area contributed by atoms with E-state index in [1.807, 2.05) is 62.4 Å². The molecule has 0 fully saturated rings. The normalized spacial score (nSPS) is 10.8. The Morgan fingerprint density at radius 1 is 1.00 bits per heavy atom. The van der Waals surface area contributed by atoms with Crippen LogP contribution in [-0.2, 0) is 11.2 Å². The number of benzene rings is 2. The Labute approximate surface area is 140 Å². The molecule has 3 rings (SSSR count). The number of amides is 1. The van der Waals surface area contributed by atoms with Gasteiger partial charge < -0.3 is 10.3 Å². The molecule has 1 aromatic heterocycles.